The molecule has 6 nitrogen and oxygen atoms in total. The van der Waals surface area contributed by atoms with E-state index >= 15 is 0 Å². The van der Waals surface area contributed by atoms with Crippen LogP contribution in [0, 0.1) is 12.3 Å². The highest BCUT2D eigenvalue weighted by molar-refractivity contribution is 7.10. The first-order valence-electron chi connectivity index (χ1n) is 10.9. The van der Waals surface area contributed by atoms with E-state index < -0.39 is 0 Å². The molecule has 162 valence electrons. The zero-order chi connectivity index (χ0) is 21.9. The lowest BCUT2D eigenvalue weighted by Gasteiger charge is -2.36. The molecule has 0 radical (unpaired) electrons. The van der Waals surface area contributed by atoms with Crippen molar-refractivity contribution in [3.05, 3.63) is 58.9 Å². The number of amides is 2. The number of urea groups is 1. The molecule has 0 unspecified atom stereocenters. The molecule has 0 spiro atoms. The highest BCUT2D eigenvalue weighted by atomic mass is 32.1. The Hall–Kier alpha value is -3.50. The normalized spacial score (nSPS) is 15.8. The molecular weight excluding hydrogens is 418 g/mol. The minimum absolute atomic E-state index is 0.129. The van der Waals surface area contributed by atoms with Crippen LogP contribution in [-0.4, -0.2) is 55.2 Å². The van der Waals surface area contributed by atoms with Gasteiger partial charge in [-0.25, -0.2) is 9.78 Å². The summed E-state index contributed by atoms with van der Waals surface area (Å²) in [6.07, 6.45) is 6.63. The van der Waals surface area contributed by atoms with Crippen molar-refractivity contribution in [3.8, 4) is 23.5 Å². The molecule has 2 saturated heterocycles. The Morgan fingerprint density at radius 2 is 1.69 bits per heavy atom. The second-order valence-electron chi connectivity index (χ2n) is 8.02. The van der Waals surface area contributed by atoms with Crippen molar-refractivity contribution in [2.75, 3.05) is 54.4 Å². The van der Waals surface area contributed by atoms with Gasteiger partial charge in [0.2, 0.25) is 0 Å². The molecule has 0 bridgehead atoms. The van der Waals surface area contributed by atoms with Crippen LogP contribution < -0.4 is 15.1 Å². The molecule has 5 rings (SSSR count). The Kier molecular flexibility index (Phi) is 5.70. The Morgan fingerprint density at radius 1 is 0.938 bits per heavy atom. The van der Waals surface area contributed by atoms with Crippen LogP contribution in [-0.2, 0) is 0 Å². The average Bonchev–Trinajstić information content (AvgIpc) is 3.26. The first-order chi connectivity index (χ1) is 15.7. The molecule has 3 aromatic rings. The van der Waals surface area contributed by atoms with Crippen molar-refractivity contribution < 1.29 is 4.79 Å². The molecule has 0 atom stereocenters. The summed E-state index contributed by atoms with van der Waals surface area (Å²) >= 11 is 1.35. The number of hydrogen-bond donors (Lipinski definition) is 1. The number of aromatic nitrogens is 1. The summed E-state index contributed by atoms with van der Waals surface area (Å²) in [6, 6.07) is 17.4. The summed E-state index contributed by atoms with van der Waals surface area (Å²) in [6.45, 7) is 5.23. The number of hydrogen-bond acceptors (Lipinski definition) is 5. The zero-order valence-corrected chi connectivity index (χ0v) is 18.6. The van der Waals surface area contributed by atoms with Gasteiger partial charge in [0.15, 0.2) is 5.01 Å². The summed E-state index contributed by atoms with van der Waals surface area (Å²) in [5, 5.41) is 5.17. The topological polar surface area (TPSA) is 51.7 Å². The fraction of sp³-hybridized carbons (Fsp3) is 0.280. The minimum atomic E-state index is -0.129. The fourth-order valence-corrected chi connectivity index (χ4v) is 4.63. The summed E-state index contributed by atoms with van der Waals surface area (Å²) < 4.78 is 0. The van der Waals surface area contributed by atoms with E-state index in [-0.39, 0.29) is 6.03 Å². The van der Waals surface area contributed by atoms with E-state index in [0.717, 1.165) is 26.2 Å². The number of nitrogens with zero attached hydrogens (tertiary/aromatic N) is 4. The third-order valence-corrected chi connectivity index (χ3v) is 6.84. The van der Waals surface area contributed by atoms with Crippen LogP contribution in [0.4, 0.5) is 22.0 Å². The van der Waals surface area contributed by atoms with E-state index in [9.17, 15) is 4.79 Å². The Morgan fingerprint density at radius 3 is 2.34 bits per heavy atom. The summed E-state index contributed by atoms with van der Waals surface area (Å²) in [4.78, 5) is 23.3. The van der Waals surface area contributed by atoms with Crippen LogP contribution in [0.1, 0.15) is 11.4 Å². The summed E-state index contributed by atoms with van der Waals surface area (Å²) in [7, 11) is 0. The maximum absolute atomic E-state index is 12.5. The molecule has 2 fully saturated rings. The maximum Gasteiger partial charge on any atom is 0.323 e. The standard InChI is InChI=1S/C25H25N5OS/c1-2-24-26-23(18-32-24)27-25(31)30-15-13-29(14-16-30)21-9-7-19(8-10-21)20-5-3-6-22(17-20)28-11-4-12-28/h1,3,5-10,17-18H,4,11-16H2,(H,27,31). The van der Waals surface area contributed by atoms with Crippen molar-refractivity contribution in [3.63, 3.8) is 0 Å². The molecule has 1 aromatic heterocycles. The van der Waals surface area contributed by atoms with Crippen LogP contribution in [0.25, 0.3) is 11.1 Å². The fourth-order valence-electron chi connectivity index (χ4n) is 4.08. The first kappa shape index (κ1) is 20.4. The lowest BCUT2D eigenvalue weighted by atomic mass is 10.0. The highest BCUT2D eigenvalue weighted by Gasteiger charge is 2.22. The van der Waals surface area contributed by atoms with Gasteiger partial charge < -0.3 is 14.7 Å². The predicted octanol–water partition coefficient (Wildman–Crippen LogP) is 4.36. The van der Waals surface area contributed by atoms with Gasteiger partial charge in [-0.1, -0.05) is 24.3 Å². The van der Waals surface area contributed by atoms with Crippen molar-refractivity contribution in [2.45, 2.75) is 6.42 Å². The number of benzene rings is 2. The quantitative estimate of drug-likeness (QED) is 0.609. The molecule has 3 heterocycles. The molecule has 0 saturated carbocycles. The van der Waals surface area contributed by atoms with Crippen LogP contribution >= 0.6 is 11.3 Å². The molecule has 1 N–H and O–H groups in total. The monoisotopic (exact) mass is 443 g/mol. The molecule has 2 aliphatic rings. The second-order valence-corrected chi connectivity index (χ2v) is 8.88. The molecular formula is C25H25N5OS. The highest BCUT2D eigenvalue weighted by Crippen LogP contribution is 2.29. The van der Waals surface area contributed by atoms with Gasteiger partial charge in [0.05, 0.1) is 0 Å². The number of piperazine rings is 1. The Labute approximate surface area is 192 Å². The Balaban J connectivity index is 1.18. The number of nitrogens with one attached hydrogen (secondary N) is 1. The molecule has 32 heavy (non-hydrogen) atoms. The number of rotatable bonds is 4. The smallest absolute Gasteiger partial charge is 0.323 e. The molecule has 2 aliphatic heterocycles. The molecule has 7 heteroatoms. The SMILES string of the molecule is C#Cc1nc(NC(=O)N2CCN(c3ccc(-c4cccc(N5CCC5)c4)cc3)CC2)cs1. The van der Waals surface area contributed by atoms with Gasteiger partial charge in [0.25, 0.3) is 0 Å². The van der Waals surface area contributed by atoms with Gasteiger partial charge in [0.1, 0.15) is 5.82 Å². The minimum Gasteiger partial charge on any atom is -0.371 e. The third-order valence-electron chi connectivity index (χ3n) is 6.06. The van der Waals surface area contributed by atoms with E-state index in [1.165, 1.54) is 40.3 Å². The van der Waals surface area contributed by atoms with Gasteiger partial charge in [0, 0.05) is 56.0 Å². The van der Waals surface area contributed by atoms with Gasteiger partial charge in [-0.2, -0.15) is 0 Å². The van der Waals surface area contributed by atoms with Crippen LogP contribution in [0.3, 0.4) is 0 Å². The van der Waals surface area contributed by atoms with E-state index in [1.54, 1.807) is 5.38 Å². The molecule has 0 aliphatic carbocycles. The van der Waals surface area contributed by atoms with Gasteiger partial charge in [-0.3, -0.25) is 5.32 Å². The van der Waals surface area contributed by atoms with Gasteiger partial charge in [-0.15, -0.1) is 17.8 Å². The lowest BCUT2D eigenvalue weighted by Crippen LogP contribution is -2.50. The third kappa shape index (κ3) is 4.27. The number of anilines is 3. The number of thiazole rings is 1. The number of carbonyl (C=O) groups is 1. The number of carbonyl (C=O) groups excluding carboxylic acids is 1. The second kappa shape index (κ2) is 8.93. The maximum atomic E-state index is 12.5. The van der Waals surface area contributed by atoms with E-state index in [4.69, 9.17) is 6.42 Å². The Bertz CT molecular complexity index is 1140. The van der Waals surface area contributed by atoms with E-state index in [0.29, 0.717) is 23.9 Å². The first-order valence-corrected chi connectivity index (χ1v) is 11.8. The van der Waals surface area contributed by atoms with E-state index in [2.05, 4.69) is 74.6 Å². The zero-order valence-electron chi connectivity index (χ0n) is 17.8. The van der Waals surface area contributed by atoms with E-state index in [1.807, 2.05) is 4.90 Å². The molecule has 2 aromatic carbocycles. The van der Waals surface area contributed by atoms with Crippen molar-refractivity contribution in [1.29, 1.82) is 0 Å². The predicted molar refractivity (Wildman–Crippen MR) is 132 cm³/mol. The summed E-state index contributed by atoms with van der Waals surface area (Å²) in [5.74, 6) is 3.00. The van der Waals surface area contributed by atoms with Crippen LogP contribution in [0.2, 0.25) is 0 Å². The average molecular weight is 444 g/mol. The number of terminal acetylenes is 1. The van der Waals surface area contributed by atoms with Crippen LogP contribution in [0.5, 0.6) is 0 Å². The van der Waals surface area contributed by atoms with Crippen LogP contribution in [0.15, 0.2) is 53.9 Å². The largest absolute Gasteiger partial charge is 0.371 e. The van der Waals surface area contributed by atoms with Gasteiger partial charge in [-0.05, 0) is 47.7 Å². The molecule has 2 amide bonds. The van der Waals surface area contributed by atoms with Crippen molar-refractivity contribution >= 4 is 34.6 Å². The summed E-state index contributed by atoms with van der Waals surface area (Å²) in [5.41, 5.74) is 4.97. The van der Waals surface area contributed by atoms with Crippen molar-refractivity contribution in [2.24, 2.45) is 0 Å². The van der Waals surface area contributed by atoms with Gasteiger partial charge >= 0.3 is 6.03 Å². The van der Waals surface area contributed by atoms with Crippen molar-refractivity contribution in [1.82, 2.24) is 9.88 Å². The lowest BCUT2D eigenvalue weighted by molar-refractivity contribution is 0.208.